The summed E-state index contributed by atoms with van der Waals surface area (Å²) in [4.78, 5) is 0. The van der Waals surface area contributed by atoms with E-state index in [0.717, 1.165) is 16.9 Å². The van der Waals surface area contributed by atoms with E-state index in [1.165, 1.54) is 16.7 Å². The number of rotatable bonds is 4. The summed E-state index contributed by atoms with van der Waals surface area (Å²) in [5, 5.41) is 3.50. The van der Waals surface area contributed by atoms with Gasteiger partial charge in [0.05, 0.1) is 0 Å². The van der Waals surface area contributed by atoms with Gasteiger partial charge in [-0.05, 0) is 59.4 Å². The van der Waals surface area contributed by atoms with Gasteiger partial charge in [0, 0.05) is 11.4 Å². The summed E-state index contributed by atoms with van der Waals surface area (Å²) in [6.45, 7) is 8.14. The summed E-state index contributed by atoms with van der Waals surface area (Å²) in [5.74, 6) is 0.475. The summed E-state index contributed by atoms with van der Waals surface area (Å²) in [6.07, 6.45) is 14.9. The van der Waals surface area contributed by atoms with Crippen molar-refractivity contribution >= 4 is 35.7 Å². The van der Waals surface area contributed by atoms with Crippen LogP contribution in [-0.2, 0) is 0 Å². The molecular formula is C23H23N. The second-order valence-electron chi connectivity index (χ2n) is 6.09. The molecule has 0 fully saturated rings. The molecule has 3 rings (SSSR count). The van der Waals surface area contributed by atoms with E-state index in [9.17, 15) is 0 Å². The molecule has 1 heteroatoms. The van der Waals surface area contributed by atoms with E-state index in [4.69, 9.17) is 0 Å². The Balaban J connectivity index is 1.88. The lowest BCUT2D eigenvalue weighted by atomic mass is 10.0. The van der Waals surface area contributed by atoms with Crippen LogP contribution in [-0.4, -0.2) is 0 Å². The Labute approximate surface area is 144 Å². The molecule has 0 aromatic heterocycles. The van der Waals surface area contributed by atoms with Crippen LogP contribution in [0.3, 0.4) is 0 Å². The molecule has 0 heterocycles. The van der Waals surface area contributed by atoms with E-state index < -0.39 is 0 Å². The fourth-order valence-electron chi connectivity index (χ4n) is 2.85. The highest BCUT2D eigenvalue weighted by atomic mass is 14.9. The van der Waals surface area contributed by atoms with Crippen molar-refractivity contribution in [1.82, 2.24) is 0 Å². The van der Waals surface area contributed by atoms with Crippen LogP contribution in [0.2, 0.25) is 0 Å². The molecule has 0 aliphatic heterocycles. The average Bonchev–Trinajstić information content (AvgIpc) is 2.78. The molecule has 0 bridgehead atoms. The van der Waals surface area contributed by atoms with Crippen LogP contribution in [0.25, 0.3) is 24.3 Å². The predicted molar refractivity (Wildman–Crippen MR) is 108 cm³/mol. The van der Waals surface area contributed by atoms with E-state index in [2.05, 4.69) is 85.6 Å². The molecule has 1 aliphatic rings. The van der Waals surface area contributed by atoms with Crippen molar-refractivity contribution in [3.8, 4) is 0 Å². The van der Waals surface area contributed by atoms with Crippen molar-refractivity contribution in [2.75, 3.05) is 5.32 Å². The molecule has 2 aromatic rings. The summed E-state index contributed by atoms with van der Waals surface area (Å²) < 4.78 is 0. The second kappa shape index (κ2) is 7.18. The quantitative estimate of drug-likeness (QED) is 0.655. The molecule has 24 heavy (non-hydrogen) atoms. The fourth-order valence-corrected chi connectivity index (χ4v) is 2.85. The van der Waals surface area contributed by atoms with Gasteiger partial charge in [-0.15, -0.1) is 0 Å². The van der Waals surface area contributed by atoms with Gasteiger partial charge >= 0.3 is 0 Å². The zero-order chi connectivity index (χ0) is 16.9. The molecule has 1 aliphatic carbocycles. The summed E-state index contributed by atoms with van der Waals surface area (Å²) in [5.41, 5.74) is 6.98. The second-order valence-corrected chi connectivity index (χ2v) is 6.09. The minimum atomic E-state index is 0.475. The smallest absolute Gasteiger partial charge is 0.0390 e. The predicted octanol–water partition coefficient (Wildman–Crippen LogP) is 6.78. The number of hydrogen-bond acceptors (Lipinski definition) is 1. The van der Waals surface area contributed by atoms with Crippen molar-refractivity contribution in [3.05, 3.63) is 83.5 Å². The molecular weight excluding hydrogens is 290 g/mol. The van der Waals surface area contributed by atoms with Crippen LogP contribution >= 0.6 is 0 Å². The number of hydrogen-bond donors (Lipinski definition) is 1. The van der Waals surface area contributed by atoms with Gasteiger partial charge in [-0.25, -0.2) is 0 Å². The highest BCUT2D eigenvalue weighted by molar-refractivity contribution is 5.75. The highest BCUT2D eigenvalue weighted by Gasteiger charge is 2.05. The minimum absolute atomic E-state index is 0.475. The Hall–Kier alpha value is -2.80. The van der Waals surface area contributed by atoms with Crippen molar-refractivity contribution in [1.29, 1.82) is 0 Å². The van der Waals surface area contributed by atoms with Gasteiger partial charge in [0.1, 0.15) is 0 Å². The first-order chi connectivity index (χ1) is 11.7. The number of nitrogens with one attached hydrogen (secondary N) is 1. The number of anilines is 2. The number of benzene rings is 2. The van der Waals surface area contributed by atoms with Gasteiger partial charge < -0.3 is 5.32 Å². The van der Waals surface area contributed by atoms with Crippen molar-refractivity contribution in [3.63, 3.8) is 0 Å². The third-order valence-corrected chi connectivity index (χ3v) is 4.19. The fraction of sp³-hybridized carbons (Fsp3) is 0.130. The molecule has 0 amide bonds. The van der Waals surface area contributed by atoms with E-state index in [-0.39, 0.29) is 0 Å². The highest BCUT2D eigenvalue weighted by Crippen LogP contribution is 2.26. The lowest BCUT2D eigenvalue weighted by Gasteiger charge is -2.11. The van der Waals surface area contributed by atoms with Crippen LogP contribution in [0.4, 0.5) is 11.4 Å². The lowest BCUT2D eigenvalue weighted by Crippen LogP contribution is -1.93. The first-order valence-corrected chi connectivity index (χ1v) is 8.36. The Morgan fingerprint density at radius 2 is 1.62 bits per heavy atom. The first-order valence-electron chi connectivity index (χ1n) is 8.36. The summed E-state index contributed by atoms with van der Waals surface area (Å²) in [6, 6.07) is 12.8. The Morgan fingerprint density at radius 1 is 0.917 bits per heavy atom. The SMILES string of the molecule is C=Cc1cc(Nc2ccc3c(c2)C=CC(C)C=C3)ccc1/C=C\C. The molecule has 1 atom stereocenters. The zero-order valence-corrected chi connectivity index (χ0v) is 14.3. The molecule has 2 aromatic carbocycles. The lowest BCUT2D eigenvalue weighted by molar-refractivity contribution is 0.954. The van der Waals surface area contributed by atoms with Gasteiger partial charge in [0.25, 0.3) is 0 Å². The first kappa shape index (κ1) is 16.1. The molecule has 0 radical (unpaired) electrons. The monoisotopic (exact) mass is 313 g/mol. The maximum absolute atomic E-state index is 3.92. The van der Waals surface area contributed by atoms with Gasteiger partial charge in [-0.2, -0.15) is 0 Å². The largest absolute Gasteiger partial charge is 0.355 e. The van der Waals surface area contributed by atoms with E-state index in [0.29, 0.717) is 5.92 Å². The Kier molecular flexibility index (Phi) is 4.81. The maximum Gasteiger partial charge on any atom is 0.0390 e. The standard InChI is InChI=1S/C23H23N/c1-4-6-19-11-13-22(15-18(19)5-2)24-23-14-12-20-9-7-17(3)8-10-21(20)16-23/h4-17,24H,2H2,1,3H3/b6-4-. The third-order valence-electron chi connectivity index (χ3n) is 4.19. The molecule has 1 unspecified atom stereocenters. The Bertz CT molecular complexity index is 837. The molecule has 0 saturated heterocycles. The number of allylic oxidation sites excluding steroid dienone is 3. The van der Waals surface area contributed by atoms with Crippen LogP contribution < -0.4 is 5.32 Å². The molecule has 1 N–H and O–H groups in total. The van der Waals surface area contributed by atoms with Crippen LogP contribution in [0.5, 0.6) is 0 Å². The minimum Gasteiger partial charge on any atom is -0.355 e. The van der Waals surface area contributed by atoms with Gasteiger partial charge in [0.15, 0.2) is 0 Å². The van der Waals surface area contributed by atoms with Crippen molar-refractivity contribution in [2.24, 2.45) is 5.92 Å². The molecule has 120 valence electrons. The summed E-state index contributed by atoms with van der Waals surface area (Å²) >= 11 is 0. The van der Waals surface area contributed by atoms with E-state index in [1.807, 2.05) is 19.1 Å². The van der Waals surface area contributed by atoms with Crippen molar-refractivity contribution < 1.29 is 0 Å². The molecule has 0 saturated carbocycles. The van der Waals surface area contributed by atoms with Crippen LogP contribution in [0.1, 0.15) is 36.1 Å². The van der Waals surface area contributed by atoms with Crippen LogP contribution in [0.15, 0.2) is 61.2 Å². The van der Waals surface area contributed by atoms with E-state index >= 15 is 0 Å². The van der Waals surface area contributed by atoms with Crippen molar-refractivity contribution in [2.45, 2.75) is 13.8 Å². The molecule has 0 spiro atoms. The summed E-state index contributed by atoms with van der Waals surface area (Å²) in [7, 11) is 0. The van der Waals surface area contributed by atoms with Gasteiger partial charge in [-0.1, -0.05) is 68.2 Å². The van der Waals surface area contributed by atoms with Gasteiger partial charge in [-0.3, -0.25) is 0 Å². The maximum atomic E-state index is 3.92. The molecule has 1 nitrogen and oxygen atoms in total. The number of fused-ring (bicyclic) bond motifs is 1. The van der Waals surface area contributed by atoms with E-state index in [1.54, 1.807) is 0 Å². The Morgan fingerprint density at radius 3 is 2.38 bits per heavy atom. The zero-order valence-electron chi connectivity index (χ0n) is 14.3. The third kappa shape index (κ3) is 3.57. The van der Waals surface area contributed by atoms with Gasteiger partial charge in [0.2, 0.25) is 0 Å². The van der Waals surface area contributed by atoms with Crippen LogP contribution in [0, 0.1) is 5.92 Å². The average molecular weight is 313 g/mol. The topological polar surface area (TPSA) is 12.0 Å². The normalized spacial score (nSPS) is 16.0.